The first-order valence-corrected chi connectivity index (χ1v) is 9.93. The van der Waals surface area contributed by atoms with Gasteiger partial charge in [-0.3, -0.25) is 4.79 Å². The maximum absolute atomic E-state index is 12.5. The van der Waals surface area contributed by atoms with Crippen molar-refractivity contribution < 1.29 is 23.1 Å². The number of aliphatic hydroxyl groups excluding tert-OH is 1. The van der Waals surface area contributed by atoms with Crippen molar-refractivity contribution in [3.8, 4) is 0 Å². The predicted molar refractivity (Wildman–Crippen MR) is 93.5 cm³/mol. The highest BCUT2D eigenvalue weighted by atomic mass is 35.5. The first kappa shape index (κ1) is 20.1. The number of rotatable bonds is 7. The molecule has 3 atom stereocenters. The van der Waals surface area contributed by atoms with Crippen LogP contribution in [0.25, 0.3) is 0 Å². The minimum atomic E-state index is -3.88. The molecule has 0 aromatic heterocycles. The molecule has 7 nitrogen and oxygen atoms in total. The van der Waals surface area contributed by atoms with E-state index >= 15 is 0 Å². The lowest BCUT2D eigenvalue weighted by atomic mass is 10.0. The molecular weight excluding hydrogens is 368 g/mol. The second kappa shape index (κ2) is 8.46. The molecule has 0 saturated carbocycles. The molecule has 1 fully saturated rings. The van der Waals surface area contributed by atoms with Crippen LogP contribution in [0.2, 0.25) is 5.02 Å². The Labute approximate surface area is 152 Å². The van der Waals surface area contributed by atoms with Gasteiger partial charge in [-0.2, -0.15) is 4.72 Å². The van der Waals surface area contributed by atoms with Crippen LogP contribution in [0, 0.1) is 5.92 Å². The van der Waals surface area contributed by atoms with Crippen molar-refractivity contribution in [1.29, 1.82) is 0 Å². The Morgan fingerprint density at radius 2 is 2.00 bits per heavy atom. The molecule has 9 heteroatoms. The first-order chi connectivity index (χ1) is 11.7. The number of halogens is 1. The van der Waals surface area contributed by atoms with Gasteiger partial charge >= 0.3 is 0 Å². The summed E-state index contributed by atoms with van der Waals surface area (Å²) in [5.74, 6) is -0.394. The molecule has 3 N–H and O–H groups in total. The SMILES string of the molecule is CC(C)CC(NS(=O)(=O)c1ccc(Cl)cc1)C(=O)N[C@H]1CCOC1O. The molecule has 0 spiro atoms. The lowest BCUT2D eigenvalue weighted by Crippen LogP contribution is -2.51. The van der Waals surface area contributed by atoms with Gasteiger partial charge in [-0.25, -0.2) is 8.42 Å². The summed E-state index contributed by atoms with van der Waals surface area (Å²) < 4.78 is 32.5. The third-order valence-corrected chi connectivity index (χ3v) is 5.57. The summed E-state index contributed by atoms with van der Waals surface area (Å²) in [6, 6.07) is 4.21. The van der Waals surface area contributed by atoms with E-state index < -0.39 is 34.3 Å². The first-order valence-electron chi connectivity index (χ1n) is 8.07. The van der Waals surface area contributed by atoms with E-state index in [4.69, 9.17) is 16.3 Å². The summed E-state index contributed by atoms with van der Waals surface area (Å²) in [6.07, 6.45) is -0.273. The molecule has 140 valence electrons. The number of amides is 1. The highest BCUT2D eigenvalue weighted by Crippen LogP contribution is 2.17. The Kier molecular flexibility index (Phi) is 6.81. The average molecular weight is 391 g/mol. The summed E-state index contributed by atoms with van der Waals surface area (Å²) in [7, 11) is -3.88. The zero-order valence-electron chi connectivity index (χ0n) is 14.1. The fourth-order valence-electron chi connectivity index (χ4n) is 2.55. The van der Waals surface area contributed by atoms with Crippen LogP contribution in [0.1, 0.15) is 26.7 Å². The van der Waals surface area contributed by atoms with Crippen molar-refractivity contribution in [3.05, 3.63) is 29.3 Å². The van der Waals surface area contributed by atoms with Gasteiger partial charge in [0.05, 0.1) is 17.5 Å². The smallest absolute Gasteiger partial charge is 0.241 e. The highest BCUT2D eigenvalue weighted by Gasteiger charge is 2.32. The Bertz CT molecular complexity index is 693. The molecule has 25 heavy (non-hydrogen) atoms. The average Bonchev–Trinajstić information content (AvgIpc) is 2.91. The summed E-state index contributed by atoms with van der Waals surface area (Å²) in [4.78, 5) is 12.5. The molecule has 0 aliphatic carbocycles. The normalized spacial score (nSPS) is 22.1. The standard InChI is InChI=1S/C16H23ClN2O5S/c1-10(2)9-14(15(20)18-13-7-8-24-16(13)21)19-25(22,23)12-5-3-11(17)4-6-12/h3-6,10,13-14,16,19,21H,7-9H2,1-2H3,(H,18,20)/t13-,14?,16?/m0/s1. The molecule has 2 unspecified atom stereocenters. The van der Waals surface area contributed by atoms with Gasteiger partial charge in [0.1, 0.15) is 6.04 Å². The minimum Gasteiger partial charge on any atom is -0.366 e. The Morgan fingerprint density at radius 1 is 1.36 bits per heavy atom. The molecular formula is C16H23ClN2O5S. The lowest BCUT2D eigenvalue weighted by molar-refractivity contribution is -0.127. The van der Waals surface area contributed by atoms with Gasteiger partial charge in [-0.15, -0.1) is 0 Å². The third-order valence-electron chi connectivity index (χ3n) is 3.83. The van der Waals surface area contributed by atoms with Gasteiger partial charge in [0.25, 0.3) is 0 Å². The number of carbonyl (C=O) groups is 1. The Morgan fingerprint density at radius 3 is 2.52 bits per heavy atom. The monoisotopic (exact) mass is 390 g/mol. The van der Waals surface area contributed by atoms with E-state index in [1.54, 1.807) is 0 Å². The third kappa shape index (κ3) is 5.65. The maximum atomic E-state index is 12.5. The van der Waals surface area contributed by atoms with Crippen molar-refractivity contribution in [3.63, 3.8) is 0 Å². The predicted octanol–water partition coefficient (Wildman–Crippen LogP) is 1.26. The van der Waals surface area contributed by atoms with Gasteiger partial charge < -0.3 is 15.2 Å². The van der Waals surface area contributed by atoms with Crippen LogP contribution >= 0.6 is 11.6 Å². The van der Waals surface area contributed by atoms with Crippen LogP contribution in [0.3, 0.4) is 0 Å². The van der Waals surface area contributed by atoms with Crippen LogP contribution in [0.4, 0.5) is 0 Å². The van der Waals surface area contributed by atoms with Crippen LogP contribution in [0.15, 0.2) is 29.2 Å². The molecule has 1 aliphatic heterocycles. The summed E-state index contributed by atoms with van der Waals surface area (Å²) >= 11 is 5.78. The molecule has 1 heterocycles. The number of benzene rings is 1. The second-order valence-corrected chi connectivity index (χ2v) is 8.57. The molecule has 2 rings (SSSR count). The largest absolute Gasteiger partial charge is 0.366 e. The second-order valence-electron chi connectivity index (χ2n) is 6.42. The van der Waals surface area contributed by atoms with Gasteiger partial charge in [-0.1, -0.05) is 25.4 Å². The van der Waals surface area contributed by atoms with Crippen LogP contribution < -0.4 is 10.0 Å². The van der Waals surface area contributed by atoms with E-state index in [2.05, 4.69) is 10.0 Å². The van der Waals surface area contributed by atoms with Gasteiger partial charge in [0, 0.05) is 5.02 Å². The maximum Gasteiger partial charge on any atom is 0.241 e. The Balaban J connectivity index is 2.13. The van der Waals surface area contributed by atoms with E-state index in [1.165, 1.54) is 24.3 Å². The van der Waals surface area contributed by atoms with Gasteiger partial charge in [0.2, 0.25) is 15.9 Å². The molecule has 1 aliphatic rings. The molecule has 0 bridgehead atoms. The van der Waals surface area contributed by atoms with E-state index in [0.717, 1.165) is 0 Å². The number of carbonyl (C=O) groups excluding carboxylic acids is 1. The van der Waals surface area contributed by atoms with Crippen LogP contribution in [-0.4, -0.2) is 44.4 Å². The van der Waals surface area contributed by atoms with Crippen LogP contribution in [0.5, 0.6) is 0 Å². The zero-order valence-corrected chi connectivity index (χ0v) is 15.7. The van der Waals surface area contributed by atoms with Crippen molar-refractivity contribution in [1.82, 2.24) is 10.0 Å². The zero-order chi connectivity index (χ0) is 18.6. The van der Waals surface area contributed by atoms with Gasteiger partial charge in [0.15, 0.2) is 6.29 Å². The number of aliphatic hydroxyl groups is 1. The fourth-order valence-corrected chi connectivity index (χ4v) is 3.88. The summed E-state index contributed by atoms with van der Waals surface area (Å²) in [5.41, 5.74) is 0. The lowest BCUT2D eigenvalue weighted by Gasteiger charge is -2.23. The van der Waals surface area contributed by atoms with Crippen molar-refractivity contribution >= 4 is 27.5 Å². The van der Waals surface area contributed by atoms with Crippen molar-refractivity contribution in [2.75, 3.05) is 6.61 Å². The number of hydrogen-bond donors (Lipinski definition) is 3. The number of hydrogen-bond acceptors (Lipinski definition) is 5. The molecule has 1 saturated heterocycles. The molecule has 0 radical (unpaired) electrons. The van der Waals surface area contributed by atoms with E-state index in [9.17, 15) is 18.3 Å². The van der Waals surface area contributed by atoms with Crippen LogP contribution in [-0.2, 0) is 19.6 Å². The summed E-state index contributed by atoms with van der Waals surface area (Å²) in [5, 5.41) is 12.7. The molecule has 1 aromatic carbocycles. The number of sulfonamides is 1. The van der Waals surface area contributed by atoms with E-state index in [-0.39, 0.29) is 10.8 Å². The Hall–Kier alpha value is -1.19. The quantitative estimate of drug-likeness (QED) is 0.650. The van der Waals surface area contributed by atoms with Gasteiger partial charge in [-0.05, 0) is 43.0 Å². The van der Waals surface area contributed by atoms with Crippen molar-refractivity contribution in [2.24, 2.45) is 5.92 Å². The highest BCUT2D eigenvalue weighted by molar-refractivity contribution is 7.89. The number of ether oxygens (including phenoxy) is 1. The number of nitrogens with one attached hydrogen (secondary N) is 2. The molecule has 1 aromatic rings. The van der Waals surface area contributed by atoms with E-state index in [1.807, 2.05) is 13.8 Å². The fraction of sp³-hybridized carbons (Fsp3) is 0.562. The topological polar surface area (TPSA) is 105 Å². The molecule has 1 amide bonds. The van der Waals surface area contributed by atoms with E-state index in [0.29, 0.717) is 24.5 Å². The minimum absolute atomic E-state index is 0.0303. The van der Waals surface area contributed by atoms with Crippen molar-refractivity contribution in [2.45, 2.75) is 50.0 Å². The summed E-state index contributed by atoms with van der Waals surface area (Å²) in [6.45, 7) is 4.13.